The fourth-order valence-corrected chi connectivity index (χ4v) is 3.74. The first-order valence-corrected chi connectivity index (χ1v) is 11.0. The van der Waals surface area contributed by atoms with Crippen LogP contribution in [0.3, 0.4) is 0 Å². The van der Waals surface area contributed by atoms with E-state index in [9.17, 15) is 9.59 Å². The quantitative estimate of drug-likeness (QED) is 0.566. The van der Waals surface area contributed by atoms with E-state index in [1.807, 2.05) is 58.0 Å². The van der Waals surface area contributed by atoms with Crippen molar-refractivity contribution in [1.29, 1.82) is 0 Å². The van der Waals surface area contributed by atoms with Crippen molar-refractivity contribution in [1.82, 2.24) is 10.2 Å². The van der Waals surface area contributed by atoms with Crippen molar-refractivity contribution >= 4 is 35.0 Å². The maximum Gasteiger partial charge on any atom is 0.243 e. The fraction of sp³-hybridized carbons (Fsp3) is 0.417. The lowest BCUT2D eigenvalue weighted by Gasteiger charge is -2.34. The van der Waals surface area contributed by atoms with Gasteiger partial charge in [0.15, 0.2) is 0 Å². The molecule has 0 aliphatic rings. The van der Waals surface area contributed by atoms with Crippen LogP contribution in [0.25, 0.3) is 0 Å². The van der Waals surface area contributed by atoms with E-state index in [2.05, 4.69) is 5.32 Å². The van der Waals surface area contributed by atoms with E-state index >= 15 is 0 Å². The smallest absolute Gasteiger partial charge is 0.243 e. The molecule has 0 heterocycles. The summed E-state index contributed by atoms with van der Waals surface area (Å²) in [4.78, 5) is 28.0. The molecule has 162 valence electrons. The molecule has 1 unspecified atom stereocenters. The summed E-state index contributed by atoms with van der Waals surface area (Å²) in [5.41, 5.74) is 1.20. The topological polar surface area (TPSA) is 49.4 Å². The Bertz CT molecular complexity index is 843. The molecular weight excluding hydrogens is 419 g/mol. The zero-order chi connectivity index (χ0) is 22.3. The van der Waals surface area contributed by atoms with Crippen LogP contribution in [0.2, 0.25) is 10.0 Å². The second kappa shape index (κ2) is 10.8. The number of halogens is 2. The van der Waals surface area contributed by atoms with Crippen LogP contribution < -0.4 is 5.32 Å². The molecule has 0 aliphatic heterocycles. The summed E-state index contributed by atoms with van der Waals surface area (Å²) in [6.45, 7) is 7.89. The standard InChI is InChI=1S/C24H30Cl2N2O2/c1-5-10-22(29)28(16-18-19(25)13-9-14-20(18)26)21(23(30)27-24(2,3)4)15-17-11-7-6-8-12-17/h6-9,11-14,21H,5,10,15-16H2,1-4H3,(H,27,30). The van der Waals surface area contributed by atoms with Gasteiger partial charge in [0.25, 0.3) is 0 Å². The average molecular weight is 449 g/mol. The molecule has 2 rings (SSSR count). The molecule has 0 saturated heterocycles. The Morgan fingerprint density at radius 3 is 2.13 bits per heavy atom. The molecule has 0 radical (unpaired) electrons. The molecule has 2 aromatic carbocycles. The molecule has 4 nitrogen and oxygen atoms in total. The molecule has 30 heavy (non-hydrogen) atoms. The van der Waals surface area contributed by atoms with Gasteiger partial charge in [-0.15, -0.1) is 0 Å². The number of carbonyl (C=O) groups is 2. The number of rotatable bonds is 8. The minimum atomic E-state index is -0.682. The highest BCUT2D eigenvalue weighted by molar-refractivity contribution is 6.36. The van der Waals surface area contributed by atoms with E-state index in [4.69, 9.17) is 23.2 Å². The predicted octanol–water partition coefficient (Wildman–Crippen LogP) is 5.65. The summed E-state index contributed by atoms with van der Waals surface area (Å²) >= 11 is 12.8. The van der Waals surface area contributed by atoms with Gasteiger partial charge in [-0.05, 0) is 44.9 Å². The third kappa shape index (κ3) is 7.03. The minimum Gasteiger partial charge on any atom is -0.350 e. The summed E-state index contributed by atoms with van der Waals surface area (Å²) in [7, 11) is 0. The number of hydrogen-bond donors (Lipinski definition) is 1. The van der Waals surface area contributed by atoms with Gasteiger partial charge in [-0.2, -0.15) is 0 Å². The third-order valence-corrected chi connectivity index (χ3v) is 5.33. The van der Waals surface area contributed by atoms with Crippen LogP contribution in [0, 0.1) is 0 Å². The van der Waals surface area contributed by atoms with Crippen LogP contribution in [-0.2, 0) is 22.6 Å². The highest BCUT2D eigenvalue weighted by Gasteiger charge is 2.32. The summed E-state index contributed by atoms with van der Waals surface area (Å²) in [5, 5.41) is 3.99. The maximum atomic E-state index is 13.3. The Kier molecular flexibility index (Phi) is 8.75. The molecule has 1 atom stereocenters. The van der Waals surface area contributed by atoms with Gasteiger partial charge < -0.3 is 10.2 Å². The first kappa shape index (κ1) is 24.2. The molecule has 6 heteroatoms. The van der Waals surface area contributed by atoms with Crippen LogP contribution in [0.15, 0.2) is 48.5 Å². The van der Waals surface area contributed by atoms with Crippen molar-refractivity contribution < 1.29 is 9.59 Å². The molecule has 2 amide bonds. The van der Waals surface area contributed by atoms with E-state index in [1.165, 1.54) is 0 Å². The van der Waals surface area contributed by atoms with Gasteiger partial charge in [-0.25, -0.2) is 0 Å². The van der Waals surface area contributed by atoms with Gasteiger partial charge in [0, 0.05) is 40.5 Å². The van der Waals surface area contributed by atoms with Crippen molar-refractivity contribution in [3.63, 3.8) is 0 Å². The van der Waals surface area contributed by atoms with Gasteiger partial charge >= 0.3 is 0 Å². The minimum absolute atomic E-state index is 0.0986. The van der Waals surface area contributed by atoms with Gasteiger partial charge in [0.05, 0.1) is 0 Å². The molecule has 0 spiro atoms. The van der Waals surface area contributed by atoms with Crippen LogP contribution >= 0.6 is 23.2 Å². The maximum absolute atomic E-state index is 13.3. The lowest BCUT2D eigenvalue weighted by atomic mass is 10.00. The number of hydrogen-bond acceptors (Lipinski definition) is 2. The fourth-order valence-electron chi connectivity index (χ4n) is 3.22. The predicted molar refractivity (Wildman–Crippen MR) is 124 cm³/mol. The lowest BCUT2D eigenvalue weighted by molar-refractivity contribution is -0.142. The molecule has 1 N–H and O–H groups in total. The SMILES string of the molecule is CCCC(=O)N(Cc1c(Cl)cccc1Cl)C(Cc1ccccc1)C(=O)NC(C)(C)C. The molecule has 0 aliphatic carbocycles. The largest absolute Gasteiger partial charge is 0.350 e. The normalized spacial score (nSPS) is 12.3. The van der Waals surface area contributed by atoms with E-state index in [0.29, 0.717) is 34.9 Å². The number of nitrogens with one attached hydrogen (secondary N) is 1. The number of nitrogens with zero attached hydrogens (tertiary/aromatic N) is 1. The van der Waals surface area contributed by atoms with Crippen molar-refractivity contribution in [3.8, 4) is 0 Å². The molecular formula is C24H30Cl2N2O2. The summed E-state index contributed by atoms with van der Waals surface area (Å²) in [6.07, 6.45) is 1.43. The second-order valence-electron chi connectivity index (χ2n) is 8.42. The van der Waals surface area contributed by atoms with E-state index in [-0.39, 0.29) is 18.4 Å². The van der Waals surface area contributed by atoms with Crippen LogP contribution in [0.5, 0.6) is 0 Å². The average Bonchev–Trinajstić information content (AvgIpc) is 2.66. The van der Waals surface area contributed by atoms with Crippen LogP contribution in [0.4, 0.5) is 0 Å². The second-order valence-corrected chi connectivity index (χ2v) is 9.23. The first-order valence-electron chi connectivity index (χ1n) is 10.2. The molecule has 0 fully saturated rings. The lowest BCUT2D eigenvalue weighted by Crippen LogP contribution is -2.54. The zero-order valence-electron chi connectivity index (χ0n) is 18.0. The number of carbonyl (C=O) groups excluding carboxylic acids is 2. The van der Waals surface area contributed by atoms with Gasteiger partial charge in [-0.1, -0.05) is 66.5 Å². The summed E-state index contributed by atoms with van der Waals surface area (Å²) < 4.78 is 0. The van der Waals surface area contributed by atoms with Crippen molar-refractivity contribution in [3.05, 3.63) is 69.7 Å². The third-order valence-electron chi connectivity index (χ3n) is 4.62. The van der Waals surface area contributed by atoms with E-state index < -0.39 is 11.6 Å². The molecule has 0 saturated carbocycles. The highest BCUT2D eigenvalue weighted by Crippen LogP contribution is 2.27. The first-order chi connectivity index (χ1) is 14.1. The summed E-state index contributed by atoms with van der Waals surface area (Å²) in [5.74, 6) is -0.294. The van der Waals surface area contributed by atoms with Crippen LogP contribution in [-0.4, -0.2) is 28.3 Å². The Balaban J connectivity index is 2.47. The van der Waals surface area contributed by atoms with E-state index in [0.717, 1.165) is 5.56 Å². The van der Waals surface area contributed by atoms with Gasteiger partial charge in [0.1, 0.15) is 6.04 Å². The molecule has 0 aromatic heterocycles. The Morgan fingerprint density at radius 2 is 1.60 bits per heavy atom. The monoisotopic (exact) mass is 448 g/mol. The van der Waals surface area contributed by atoms with Crippen molar-refractivity contribution in [2.24, 2.45) is 0 Å². The molecule has 0 bridgehead atoms. The Labute approximate surface area is 189 Å². The Morgan fingerprint density at radius 1 is 1.00 bits per heavy atom. The molecule has 2 aromatic rings. The number of benzene rings is 2. The van der Waals surface area contributed by atoms with Crippen LogP contribution in [0.1, 0.15) is 51.7 Å². The summed E-state index contributed by atoms with van der Waals surface area (Å²) in [6, 6.07) is 14.3. The highest BCUT2D eigenvalue weighted by atomic mass is 35.5. The van der Waals surface area contributed by atoms with E-state index in [1.54, 1.807) is 23.1 Å². The van der Waals surface area contributed by atoms with Gasteiger partial charge in [-0.3, -0.25) is 9.59 Å². The Hall–Kier alpha value is -2.04. The van der Waals surface area contributed by atoms with Gasteiger partial charge in [0.2, 0.25) is 11.8 Å². The van der Waals surface area contributed by atoms with Crippen molar-refractivity contribution in [2.75, 3.05) is 0 Å². The number of amides is 2. The van der Waals surface area contributed by atoms with Crippen molar-refractivity contribution in [2.45, 2.75) is 65.1 Å². The zero-order valence-corrected chi connectivity index (χ0v) is 19.6.